The predicted molar refractivity (Wildman–Crippen MR) is 103 cm³/mol. The van der Waals surface area contributed by atoms with Gasteiger partial charge in [-0.25, -0.2) is 0 Å². The summed E-state index contributed by atoms with van der Waals surface area (Å²) in [7, 11) is 0. The number of nitrogens with zero attached hydrogens (tertiary/aromatic N) is 4. The lowest BCUT2D eigenvalue weighted by molar-refractivity contribution is -0.130. The van der Waals surface area contributed by atoms with E-state index in [0.717, 1.165) is 37.0 Å². The molecule has 1 saturated heterocycles. The Hall–Kier alpha value is -1.82. The highest BCUT2D eigenvalue weighted by atomic mass is 32.2. The van der Waals surface area contributed by atoms with Gasteiger partial charge in [-0.2, -0.15) is 0 Å². The summed E-state index contributed by atoms with van der Waals surface area (Å²) in [4.78, 5) is 14.6. The molecule has 2 aromatic rings. The van der Waals surface area contributed by atoms with E-state index in [1.165, 1.54) is 36.6 Å². The second-order valence-electron chi connectivity index (χ2n) is 7.56. The molecule has 26 heavy (non-hydrogen) atoms. The van der Waals surface area contributed by atoms with Crippen LogP contribution in [0.25, 0.3) is 0 Å². The van der Waals surface area contributed by atoms with Crippen molar-refractivity contribution in [2.45, 2.75) is 50.2 Å². The van der Waals surface area contributed by atoms with Crippen molar-refractivity contribution in [2.24, 2.45) is 5.92 Å². The van der Waals surface area contributed by atoms with Crippen LogP contribution in [0, 0.1) is 5.92 Å². The molecule has 1 aromatic heterocycles. The molecular formula is C20H26N4OS. The number of carbonyl (C=O) groups is 1. The third-order valence-corrected chi connectivity index (χ3v) is 6.16. The highest BCUT2D eigenvalue weighted by molar-refractivity contribution is 7.99. The van der Waals surface area contributed by atoms with Gasteiger partial charge in [-0.05, 0) is 37.2 Å². The van der Waals surface area contributed by atoms with E-state index in [1.807, 2.05) is 11.0 Å². The zero-order valence-corrected chi connectivity index (χ0v) is 16.1. The van der Waals surface area contributed by atoms with E-state index in [0.29, 0.717) is 17.6 Å². The molecule has 2 heterocycles. The number of aromatic nitrogens is 3. The molecule has 1 aromatic carbocycles. The molecule has 2 fully saturated rings. The number of hydrogen-bond acceptors (Lipinski definition) is 4. The summed E-state index contributed by atoms with van der Waals surface area (Å²) in [5.41, 5.74) is 1.24. The third kappa shape index (κ3) is 4.11. The monoisotopic (exact) mass is 370 g/mol. The van der Waals surface area contributed by atoms with Crippen LogP contribution in [0.1, 0.15) is 49.9 Å². The van der Waals surface area contributed by atoms with E-state index in [9.17, 15) is 4.79 Å². The Morgan fingerprint density at radius 1 is 1.19 bits per heavy atom. The number of carbonyl (C=O) groups excluding carboxylic acids is 1. The molecule has 138 valence electrons. The molecule has 0 bridgehead atoms. The van der Waals surface area contributed by atoms with Crippen molar-refractivity contribution in [3.63, 3.8) is 0 Å². The van der Waals surface area contributed by atoms with Gasteiger partial charge in [0.05, 0.1) is 12.3 Å². The van der Waals surface area contributed by atoms with Crippen LogP contribution in [0.5, 0.6) is 0 Å². The second-order valence-corrected chi connectivity index (χ2v) is 8.51. The summed E-state index contributed by atoms with van der Waals surface area (Å²) in [6.07, 6.45) is 4.74. The van der Waals surface area contributed by atoms with Crippen LogP contribution in [-0.2, 0) is 11.3 Å². The quantitative estimate of drug-likeness (QED) is 0.730. The maximum absolute atomic E-state index is 12.6. The van der Waals surface area contributed by atoms with Gasteiger partial charge < -0.3 is 9.47 Å². The number of rotatable bonds is 6. The first-order valence-corrected chi connectivity index (χ1v) is 10.6. The van der Waals surface area contributed by atoms with E-state index >= 15 is 0 Å². The molecule has 2 aliphatic rings. The van der Waals surface area contributed by atoms with E-state index in [-0.39, 0.29) is 5.91 Å². The smallest absolute Gasteiger partial charge is 0.233 e. The minimum atomic E-state index is 0.226. The van der Waals surface area contributed by atoms with Crippen molar-refractivity contribution in [1.82, 2.24) is 19.7 Å². The Bertz CT molecular complexity index is 756. The molecular weight excluding hydrogens is 344 g/mol. The van der Waals surface area contributed by atoms with Crippen molar-refractivity contribution < 1.29 is 4.79 Å². The number of thioether (sulfide) groups is 1. The summed E-state index contributed by atoms with van der Waals surface area (Å²) < 4.78 is 2.21. The van der Waals surface area contributed by atoms with Crippen molar-refractivity contribution in [3.8, 4) is 0 Å². The maximum Gasteiger partial charge on any atom is 0.233 e. The fourth-order valence-corrected chi connectivity index (χ4v) is 4.45. The summed E-state index contributed by atoms with van der Waals surface area (Å²) >= 11 is 1.53. The lowest BCUT2D eigenvalue weighted by Gasteiger charge is -2.30. The van der Waals surface area contributed by atoms with Gasteiger partial charge in [0.15, 0.2) is 5.16 Å². The highest BCUT2D eigenvalue weighted by Crippen LogP contribution is 2.40. The summed E-state index contributed by atoms with van der Waals surface area (Å²) in [6.45, 7) is 4.79. The zero-order chi connectivity index (χ0) is 17.9. The van der Waals surface area contributed by atoms with Crippen LogP contribution in [-0.4, -0.2) is 44.4 Å². The van der Waals surface area contributed by atoms with Crippen LogP contribution in [0.2, 0.25) is 0 Å². The summed E-state index contributed by atoms with van der Waals surface area (Å²) in [5.74, 6) is 2.91. The molecule has 1 amide bonds. The number of hydrogen-bond donors (Lipinski definition) is 0. The van der Waals surface area contributed by atoms with Gasteiger partial charge in [-0.15, -0.1) is 10.2 Å². The van der Waals surface area contributed by atoms with E-state index in [1.54, 1.807) is 0 Å². The average molecular weight is 371 g/mol. The van der Waals surface area contributed by atoms with Crippen molar-refractivity contribution in [2.75, 3.05) is 18.8 Å². The minimum Gasteiger partial charge on any atom is -0.342 e. The summed E-state index contributed by atoms with van der Waals surface area (Å²) in [6, 6.07) is 10.4. The Morgan fingerprint density at radius 3 is 2.73 bits per heavy atom. The molecule has 1 saturated carbocycles. The number of piperidine rings is 1. The second kappa shape index (κ2) is 7.82. The number of benzene rings is 1. The van der Waals surface area contributed by atoms with Crippen LogP contribution >= 0.6 is 11.8 Å². The first-order chi connectivity index (χ1) is 12.7. The van der Waals surface area contributed by atoms with Gasteiger partial charge in [0.1, 0.15) is 5.82 Å². The standard InChI is InChI=1S/C20H26N4OS/c1-15-6-5-11-23(12-15)18(25)14-26-20-22-21-19(17-9-10-17)24(20)13-16-7-3-2-4-8-16/h2-4,7-8,15,17H,5-6,9-14H2,1H3/t15-/m1/s1. The molecule has 5 nitrogen and oxygen atoms in total. The predicted octanol–water partition coefficient (Wildman–Crippen LogP) is 3.55. The Morgan fingerprint density at radius 2 is 2.00 bits per heavy atom. The molecule has 0 unspecified atom stereocenters. The highest BCUT2D eigenvalue weighted by Gasteiger charge is 2.31. The fraction of sp³-hybridized carbons (Fsp3) is 0.550. The molecule has 6 heteroatoms. The van der Waals surface area contributed by atoms with Gasteiger partial charge in [-0.1, -0.05) is 49.0 Å². The lowest BCUT2D eigenvalue weighted by Crippen LogP contribution is -2.40. The van der Waals surface area contributed by atoms with Gasteiger partial charge in [0.25, 0.3) is 0 Å². The van der Waals surface area contributed by atoms with Gasteiger partial charge in [-0.3, -0.25) is 4.79 Å². The molecule has 0 spiro atoms. The van der Waals surface area contributed by atoms with Crippen LogP contribution in [0.4, 0.5) is 0 Å². The third-order valence-electron chi connectivity index (χ3n) is 5.21. The normalized spacial score (nSPS) is 20.3. The van der Waals surface area contributed by atoms with Crippen LogP contribution < -0.4 is 0 Å². The largest absolute Gasteiger partial charge is 0.342 e. The Labute approximate surface area is 159 Å². The first-order valence-electron chi connectivity index (χ1n) is 9.58. The van der Waals surface area contributed by atoms with E-state index in [4.69, 9.17) is 0 Å². The maximum atomic E-state index is 12.6. The molecule has 1 aliphatic carbocycles. The van der Waals surface area contributed by atoms with Crippen LogP contribution in [0.15, 0.2) is 35.5 Å². The van der Waals surface area contributed by atoms with Crippen LogP contribution in [0.3, 0.4) is 0 Å². The first kappa shape index (κ1) is 17.6. The summed E-state index contributed by atoms with van der Waals surface area (Å²) in [5, 5.41) is 9.72. The van der Waals surface area contributed by atoms with Crippen molar-refractivity contribution in [1.29, 1.82) is 0 Å². The average Bonchev–Trinajstić information content (AvgIpc) is 3.43. The van der Waals surface area contributed by atoms with E-state index < -0.39 is 0 Å². The fourth-order valence-electron chi connectivity index (χ4n) is 3.60. The molecule has 0 N–H and O–H groups in total. The Balaban J connectivity index is 1.45. The molecule has 0 radical (unpaired) electrons. The molecule has 1 aliphatic heterocycles. The minimum absolute atomic E-state index is 0.226. The van der Waals surface area contributed by atoms with Crippen molar-refractivity contribution in [3.05, 3.63) is 41.7 Å². The van der Waals surface area contributed by atoms with Gasteiger partial charge in [0, 0.05) is 19.0 Å². The zero-order valence-electron chi connectivity index (χ0n) is 15.3. The number of amides is 1. The van der Waals surface area contributed by atoms with Gasteiger partial charge >= 0.3 is 0 Å². The SMILES string of the molecule is C[C@@H]1CCCN(C(=O)CSc2nnc(C3CC3)n2Cc2ccccc2)C1. The molecule has 1 atom stereocenters. The topological polar surface area (TPSA) is 51.0 Å². The lowest BCUT2D eigenvalue weighted by atomic mass is 10.0. The molecule has 4 rings (SSSR count). The number of likely N-dealkylation sites (tertiary alicyclic amines) is 1. The Kier molecular flexibility index (Phi) is 5.29. The van der Waals surface area contributed by atoms with Gasteiger partial charge in [0.2, 0.25) is 5.91 Å². The van der Waals surface area contributed by atoms with Crippen molar-refractivity contribution >= 4 is 17.7 Å². The van der Waals surface area contributed by atoms with E-state index in [2.05, 4.69) is 46.0 Å².